The Balaban J connectivity index is 1.66. The maximum absolute atomic E-state index is 12.6. The molecule has 1 aliphatic heterocycles. The highest BCUT2D eigenvalue weighted by molar-refractivity contribution is 6.05. The van der Waals surface area contributed by atoms with Crippen molar-refractivity contribution in [3.05, 3.63) is 65.7 Å². The van der Waals surface area contributed by atoms with Crippen LogP contribution in [0.3, 0.4) is 0 Å². The summed E-state index contributed by atoms with van der Waals surface area (Å²) in [6.45, 7) is 10.4. The quantitative estimate of drug-likeness (QED) is 0.314. The summed E-state index contributed by atoms with van der Waals surface area (Å²) in [5.41, 5.74) is 1.89. The normalized spacial score (nSPS) is 16.9. The van der Waals surface area contributed by atoms with E-state index in [9.17, 15) is 19.2 Å². The summed E-state index contributed by atoms with van der Waals surface area (Å²) in [6, 6.07) is 14.1. The first kappa shape index (κ1) is 30.2. The van der Waals surface area contributed by atoms with Crippen LogP contribution in [0.4, 0.5) is 21.0 Å². The van der Waals surface area contributed by atoms with Crippen LogP contribution in [-0.4, -0.2) is 60.7 Å². The highest BCUT2D eigenvalue weighted by Gasteiger charge is 2.41. The second kappa shape index (κ2) is 13.6. The molecule has 0 radical (unpaired) electrons. The van der Waals surface area contributed by atoms with Crippen molar-refractivity contribution in [2.24, 2.45) is 5.92 Å². The molecule has 0 bridgehead atoms. The maximum Gasteiger partial charge on any atom is 0.412 e. The lowest BCUT2D eigenvalue weighted by atomic mass is 9.88. The molecule has 0 unspecified atom stereocenters. The van der Waals surface area contributed by atoms with Crippen LogP contribution in [-0.2, 0) is 19.1 Å². The van der Waals surface area contributed by atoms with Gasteiger partial charge < -0.3 is 25.0 Å². The van der Waals surface area contributed by atoms with Crippen LogP contribution in [0.5, 0.6) is 0 Å². The van der Waals surface area contributed by atoms with Crippen molar-refractivity contribution in [2.45, 2.75) is 46.1 Å². The second-order valence-corrected chi connectivity index (χ2v) is 10.4. The Morgan fingerprint density at radius 3 is 2.20 bits per heavy atom. The average Bonchev–Trinajstić information content (AvgIpc) is 3.34. The van der Waals surface area contributed by atoms with Crippen LogP contribution in [0.1, 0.15) is 51.7 Å². The zero-order valence-corrected chi connectivity index (χ0v) is 23.7. The van der Waals surface area contributed by atoms with Gasteiger partial charge in [0, 0.05) is 31.6 Å². The number of para-hydroxylation sites is 2. The number of carbonyl (C=O) groups is 4. The van der Waals surface area contributed by atoms with E-state index in [-0.39, 0.29) is 30.4 Å². The number of nitrogens with zero attached hydrogens (tertiary/aromatic N) is 1. The van der Waals surface area contributed by atoms with E-state index in [1.54, 1.807) is 62.9 Å². The molecular formula is C30H38N4O6. The molecule has 1 aliphatic rings. The Hall–Kier alpha value is -4.34. The zero-order valence-electron chi connectivity index (χ0n) is 23.7. The maximum atomic E-state index is 12.6. The summed E-state index contributed by atoms with van der Waals surface area (Å²) in [4.78, 5) is 51.5. The van der Waals surface area contributed by atoms with Crippen LogP contribution in [0, 0.1) is 5.92 Å². The summed E-state index contributed by atoms with van der Waals surface area (Å²) < 4.78 is 10.6. The zero-order chi connectivity index (χ0) is 29.3. The largest absolute Gasteiger partial charge is 0.466 e. The molecule has 2 atom stereocenters. The molecule has 3 rings (SSSR count). The molecule has 0 spiro atoms. The van der Waals surface area contributed by atoms with Crippen LogP contribution in [0.2, 0.25) is 0 Å². The van der Waals surface area contributed by atoms with Gasteiger partial charge in [0.05, 0.1) is 23.9 Å². The van der Waals surface area contributed by atoms with E-state index >= 15 is 0 Å². The van der Waals surface area contributed by atoms with Gasteiger partial charge in [-0.05, 0) is 64.0 Å². The number of nitrogens with one attached hydrogen (secondary N) is 3. The highest BCUT2D eigenvalue weighted by atomic mass is 16.6. The third kappa shape index (κ3) is 8.59. The number of urea groups is 1. The van der Waals surface area contributed by atoms with Crippen LogP contribution in [0.15, 0.2) is 54.6 Å². The lowest BCUT2D eigenvalue weighted by Crippen LogP contribution is -2.38. The van der Waals surface area contributed by atoms with Crippen molar-refractivity contribution in [2.75, 3.05) is 36.9 Å². The van der Waals surface area contributed by atoms with Crippen LogP contribution in [0.25, 0.3) is 6.08 Å². The number of anilines is 2. The monoisotopic (exact) mass is 550 g/mol. The number of esters is 1. The number of hydrogen-bond acceptors (Lipinski definition) is 6. The van der Waals surface area contributed by atoms with Gasteiger partial charge in [0.1, 0.15) is 5.60 Å². The molecule has 2 aromatic rings. The molecule has 0 aromatic heterocycles. The number of rotatable bonds is 8. The number of amides is 4. The minimum Gasteiger partial charge on any atom is -0.466 e. The topological polar surface area (TPSA) is 126 Å². The van der Waals surface area contributed by atoms with Crippen molar-refractivity contribution in [3.8, 4) is 0 Å². The molecular weight excluding hydrogens is 512 g/mol. The number of benzene rings is 2. The number of ether oxygens (including phenoxy) is 2. The van der Waals surface area contributed by atoms with Gasteiger partial charge in [0.15, 0.2) is 0 Å². The lowest BCUT2D eigenvalue weighted by molar-refractivity contribution is -0.147. The Bertz CT molecular complexity index is 1240. The molecule has 2 aromatic carbocycles. The number of carbonyl (C=O) groups excluding carboxylic acids is 4. The first-order valence-corrected chi connectivity index (χ1v) is 13.4. The van der Waals surface area contributed by atoms with Gasteiger partial charge in [0.25, 0.3) is 0 Å². The van der Waals surface area contributed by atoms with Crippen molar-refractivity contribution in [1.82, 2.24) is 10.2 Å². The summed E-state index contributed by atoms with van der Waals surface area (Å²) >= 11 is 0. The third-order valence-corrected chi connectivity index (χ3v) is 6.14. The fourth-order valence-electron chi connectivity index (χ4n) is 4.37. The SMILES string of the molecule is CCNC(=O)N1C[C@H](C(=O)OCC)[C@@H](c2ccc(/C=C/C(=O)Nc3ccccc3NC(=O)OC(C)(C)C)cc2)C1. The van der Waals surface area contributed by atoms with Crippen molar-refractivity contribution in [3.63, 3.8) is 0 Å². The predicted molar refractivity (Wildman–Crippen MR) is 154 cm³/mol. The first-order chi connectivity index (χ1) is 19.0. The van der Waals surface area contributed by atoms with Crippen molar-refractivity contribution < 1.29 is 28.7 Å². The number of likely N-dealkylation sites (tertiary alicyclic amines) is 1. The summed E-state index contributed by atoms with van der Waals surface area (Å²) in [6.07, 6.45) is 2.44. The molecule has 0 saturated carbocycles. The van der Waals surface area contributed by atoms with Crippen LogP contribution < -0.4 is 16.0 Å². The van der Waals surface area contributed by atoms with Crippen LogP contribution >= 0.6 is 0 Å². The molecule has 40 heavy (non-hydrogen) atoms. The minimum absolute atomic E-state index is 0.197. The van der Waals surface area contributed by atoms with Gasteiger partial charge in [-0.15, -0.1) is 0 Å². The molecule has 10 heteroatoms. The van der Waals surface area contributed by atoms with E-state index in [0.29, 0.717) is 31.0 Å². The Kier molecular flexibility index (Phi) is 10.3. The Morgan fingerprint density at radius 1 is 0.950 bits per heavy atom. The Morgan fingerprint density at radius 2 is 1.60 bits per heavy atom. The Labute approximate surface area is 235 Å². The highest BCUT2D eigenvalue weighted by Crippen LogP contribution is 2.34. The van der Waals surface area contributed by atoms with Gasteiger partial charge in [-0.1, -0.05) is 36.4 Å². The van der Waals surface area contributed by atoms with Gasteiger partial charge in [-0.2, -0.15) is 0 Å². The fraction of sp³-hybridized carbons (Fsp3) is 0.400. The standard InChI is InChI=1S/C30H38N4O6/c1-6-31-28(37)34-18-22(23(19-34)27(36)39-7-2)21-15-12-20(13-16-21)14-17-26(35)32-24-10-8-9-11-25(24)33-29(38)40-30(3,4)5/h8-17,22-23H,6-7,18-19H2,1-5H3,(H,31,37)(H,32,35)(H,33,38)/b17-14+/t22-,23+/m1/s1. The number of hydrogen-bond donors (Lipinski definition) is 3. The van der Waals surface area contributed by atoms with Crippen molar-refractivity contribution in [1.29, 1.82) is 0 Å². The molecule has 1 saturated heterocycles. The predicted octanol–water partition coefficient (Wildman–Crippen LogP) is 4.99. The molecule has 1 heterocycles. The molecule has 0 aliphatic carbocycles. The smallest absolute Gasteiger partial charge is 0.412 e. The minimum atomic E-state index is -0.652. The van der Waals surface area contributed by atoms with Gasteiger partial charge >= 0.3 is 18.1 Å². The van der Waals surface area contributed by atoms with E-state index in [4.69, 9.17) is 9.47 Å². The summed E-state index contributed by atoms with van der Waals surface area (Å²) in [5, 5.41) is 8.21. The molecule has 1 fully saturated rings. The molecule has 10 nitrogen and oxygen atoms in total. The summed E-state index contributed by atoms with van der Waals surface area (Å²) in [7, 11) is 0. The van der Waals surface area contributed by atoms with Gasteiger partial charge in [-0.25, -0.2) is 9.59 Å². The van der Waals surface area contributed by atoms with E-state index < -0.39 is 17.6 Å². The third-order valence-electron chi connectivity index (χ3n) is 6.14. The average molecular weight is 551 g/mol. The van der Waals surface area contributed by atoms with Crippen molar-refractivity contribution >= 4 is 41.5 Å². The lowest BCUT2D eigenvalue weighted by Gasteiger charge is -2.20. The molecule has 214 valence electrons. The van der Waals surface area contributed by atoms with Gasteiger partial charge in [0.2, 0.25) is 5.91 Å². The second-order valence-electron chi connectivity index (χ2n) is 10.4. The van der Waals surface area contributed by atoms with E-state index in [1.807, 2.05) is 31.2 Å². The fourth-order valence-corrected chi connectivity index (χ4v) is 4.37. The summed E-state index contributed by atoms with van der Waals surface area (Å²) in [5.74, 6) is -1.35. The van der Waals surface area contributed by atoms with Gasteiger partial charge in [-0.3, -0.25) is 14.9 Å². The van der Waals surface area contributed by atoms with E-state index in [0.717, 1.165) is 11.1 Å². The van der Waals surface area contributed by atoms with E-state index in [1.165, 1.54) is 6.08 Å². The molecule has 4 amide bonds. The first-order valence-electron chi connectivity index (χ1n) is 13.4. The van der Waals surface area contributed by atoms with E-state index in [2.05, 4.69) is 16.0 Å². The molecule has 3 N–H and O–H groups in total.